The van der Waals surface area contributed by atoms with Crippen molar-refractivity contribution in [2.45, 2.75) is 31.9 Å². The van der Waals surface area contributed by atoms with E-state index in [2.05, 4.69) is 0 Å². The standard InChI is InChI=1S/C27H29N3O5/c1-5-29-20-9-7-6-8-19(20)27(26(29)34)22(24(32)25(33)30(27)13-12-28(3)4)23(31)17-10-11-21-18(15-17)14-16(2)35-21/h6-11,15-16,31H,5,12-14H2,1-4H3/t16-,27+/m0/s1. The molecule has 0 bridgehead atoms. The van der Waals surface area contributed by atoms with E-state index in [4.69, 9.17) is 4.74 Å². The average Bonchev–Trinajstić information content (AvgIpc) is 3.40. The third kappa shape index (κ3) is 3.20. The van der Waals surface area contributed by atoms with E-state index in [-0.39, 0.29) is 24.0 Å². The van der Waals surface area contributed by atoms with Gasteiger partial charge in [0.1, 0.15) is 17.6 Å². The SMILES string of the molecule is CCN1C(=O)[C@]2(C(=C(O)c3ccc4c(c3)C[C@H](C)O4)C(=O)C(=O)N2CCN(C)C)c2ccccc21. The number of rotatable bonds is 5. The van der Waals surface area contributed by atoms with Crippen LogP contribution in [0.4, 0.5) is 5.69 Å². The van der Waals surface area contributed by atoms with Crippen molar-refractivity contribution in [2.75, 3.05) is 38.6 Å². The second-order valence-electron chi connectivity index (χ2n) is 9.54. The van der Waals surface area contributed by atoms with Gasteiger partial charge in [0.05, 0.1) is 11.3 Å². The molecule has 0 aromatic heterocycles. The van der Waals surface area contributed by atoms with E-state index in [0.717, 1.165) is 11.3 Å². The number of likely N-dealkylation sites (N-methyl/N-ethyl adjacent to an activating group) is 2. The largest absolute Gasteiger partial charge is 0.507 e. The Labute approximate surface area is 204 Å². The van der Waals surface area contributed by atoms with Crippen LogP contribution in [0, 0.1) is 0 Å². The van der Waals surface area contributed by atoms with Crippen LogP contribution in [0.25, 0.3) is 5.76 Å². The Bertz CT molecular complexity index is 1280. The van der Waals surface area contributed by atoms with Crippen molar-refractivity contribution in [3.8, 4) is 5.75 Å². The molecule has 3 heterocycles. The summed E-state index contributed by atoms with van der Waals surface area (Å²) in [6.07, 6.45) is 0.684. The number of nitrogens with zero attached hydrogens (tertiary/aromatic N) is 3. The molecule has 2 aromatic carbocycles. The van der Waals surface area contributed by atoms with Crippen LogP contribution >= 0.6 is 0 Å². The predicted molar refractivity (Wildman–Crippen MR) is 131 cm³/mol. The Balaban J connectivity index is 1.77. The van der Waals surface area contributed by atoms with Gasteiger partial charge in [-0.3, -0.25) is 14.4 Å². The van der Waals surface area contributed by atoms with Crippen LogP contribution in [0.3, 0.4) is 0 Å². The Hall–Kier alpha value is -3.65. The van der Waals surface area contributed by atoms with Gasteiger partial charge in [-0.25, -0.2) is 0 Å². The summed E-state index contributed by atoms with van der Waals surface area (Å²) in [4.78, 5) is 45.9. The van der Waals surface area contributed by atoms with Gasteiger partial charge < -0.3 is 24.5 Å². The predicted octanol–water partition coefficient (Wildman–Crippen LogP) is 2.51. The number of ketones is 1. The first kappa shape index (κ1) is 23.1. The lowest BCUT2D eigenvalue weighted by Crippen LogP contribution is -2.53. The number of carbonyl (C=O) groups is 3. The van der Waals surface area contributed by atoms with E-state index in [1.807, 2.05) is 45.0 Å². The second-order valence-corrected chi connectivity index (χ2v) is 9.54. The van der Waals surface area contributed by atoms with Crippen LogP contribution in [0.15, 0.2) is 48.0 Å². The Morgan fingerprint density at radius 3 is 2.63 bits per heavy atom. The fraction of sp³-hybridized carbons (Fsp3) is 0.370. The number of benzene rings is 2. The Morgan fingerprint density at radius 1 is 1.17 bits per heavy atom. The number of aliphatic hydroxyl groups is 1. The van der Waals surface area contributed by atoms with Gasteiger partial charge in [0.2, 0.25) is 0 Å². The molecule has 1 spiro atoms. The Morgan fingerprint density at radius 2 is 1.91 bits per heavy atom. The van der Waals surface area contributed by atoms with Gasteiger partial charge in [0, 0.05) is 37.2 Å². The lowest BCUT2D eigenvalue weighted by atomic mass is 9.81. The molecule has 8 nitrogen and oxygen atoms in total. The summed E-state index contributed by atoms with van der Waals surface area (Å²) in [6, 6.07) is 12.4. The maximum atomic E-state index is 14.1. The van der Waals surface area contributed by atoms with E-state index in [1.165, 1.54) is 4.90 Å². The smallest absolute Gasteiger partial charge is 0.296 e. The highest BCUT2D eigenvalue weighted by Gasteiger charge is 2.66. The number of aliphatic hydroxyl groups excluding tert-OH is 1. The number of para-hydroxylation sites is 1. The molecule has 35 heavy (non-hydrogen) atoms. The molecule has 2 aromatic rings. The third-order valence-electron chi connectivity index (χ3n) is 7.07. The molecular formula is C27H29N3O5. The maximum absolute atomic E-state index is 14.1. The molecule has 5 rings (SSSR count). The summed E-state index contributed by atoms with van der Waals surface area (Å²) in [7, 11) is 3.72. The molecule has 0 aliphatic carbocycles. The molecule has 0 radical (unpaired) electrons. The quantitative estimate of drug-likeness (QED) is 0.406. The lowest BCUT2D eigenvalue weighted by molar-refractivity contribution is -0.143. The molecule has 1 saturated heterocycles. The topological polar surface area (TPSA) is 90.4 Å². The molecule has 2 amide bonds. The first-order valence-corrected chi connectivity index (χ1v) is 11.9. The number of anilines is 1. The highest BCUT2D eigenvalue weighted by molar-refractivity contribution is 6.50. The highest BCUT2D eigenvalue weighted by atomic mass is 16.5. The van der Waals surface area contributed by atoms with Crippen molar-refractivity contribution < 1.29 is 24.2 Å². The maximum Gasteiger partial charge on any atom is 0.296 e. The minimum Gasteiger partial charge on any atom is -0.507 e. The molecule has 0 unspecified atom stereocenters. The van der Waals surface area contributed by atoms with Gasteiger partial charge in [0.15, 0.2) is 5.54 Å². The van der Waals surface area contributed by atoms with Crippen LogP contribution in [-0.2, 0) is 26.3 Å². The lowest BCUT2D eigenvalue weighted by Gasteiger charge is -2.35. The molecule has 2 atom stereocenters. The van der Waals surface area contributed by atoms with Crippen LogP contribution in [0.1, 0.15) is 30.5 Å². The molecule has 8 heteroatoms. The van der Waals surface area contributed by atoms with E-state index < -0.39 is 23.1 Å². The molecule has 3 aliphatic heterocycles. The Kier molecular flexibility index (Phi) is 5.44. The monoisotopic (exact) mass is 475 g/mol. The molecule has 3 aliphatic rings. The van der Waals surface area contributed by atoms with Crippen LogP contribution in [-0.4, -0.2) is 72.3 Å². The minimum atomic E-state index is -1.72. The first-order chi connectivity index (χ1) is 16.7. The van der Waals surface area contributed by atoms with Crippen molar-refractivity contribution in [3.05, 3.63) is 64.7 Å². The summed E-state index contributed by atoms with van der Waals surface area (Å²) in [5.41, 5.74) is 0.561. The number of fused-ring (bicyclic) bond motifs is 3. The van der Waals surface area contributed by atoms with Crippen molar-refractivity contribution in [2.24, 2.45) is 0 Å². The van der Waals surface area contributed by atoms with Crippen molar-refractivity contribution in [3.63, 3.8) is 0 Å². The van der Waals surface area contributed by atoms with Crippen molar-refractivity contribution in [1.82, 2.24) is 9.80 Å². The number of carbonyl (C=O) groups excluding carboxylic acids is 3. The molecule has 1 fully saturated rings. The zero-order valence-electron chi connectivity index (χ0n) is 20.4. The summed E-state index contributed by atoms with van der Waals surface area (Å²) in [5.74, 6) is -1.66. The average molecular weight is 476 g/mol. The second kappa shape index (κ2) is 8.23. The van der Waals surface area contributed by atoms with Gasteiger partial charge in [-0.1, -0.05) is 18.2 Å². The third-order valence-corrected chi connectivity index (χ3v) is 7.07. The summed E-state index contributed by atoms with van der Waals surface area (Å²) < 4.78 is 5.77. The molecule has 0 saturated carbocycles. The van der Waals surface area contributed by atoms with E-state index in [0.29, 0.717) is 36.3 Å². The van der Waals surface area contributed by atoms with Crippen LogP contribution < -0.4 is 9.64 Å². The number of hydrogen-bond acceptors (Lipinski definition) is 6. The van der Waals surface area contributed by atoms with Gasteiger partial charge in [-0.05, 0) is 57.8 Å². The number of hydrogen-bond donors (Lipinski definition) is 1. The zero-order valence-corrected chi connectivity index (χ0v) is 20.4. The fourth-order valence-corrected chi connectivity index (χ4v) is 5.49. The van der Waals surface area contributed by atoms with Gasteiger partial charge in [-0.15, -0.1) is 0 Å². The highest BCUT2D eigenvalue weighted by Crippen LogP contribution is 2.53. The molecular weight excluding hydrogens is 446 g/mol. The first-order valence-electron chi connectivity index (χ1n) is 11.9. The molecule has 182 valence electrons. The fourth-order valence-electron chi connectivity index (χ4n) is 5.49. The van der Waals surface area contributed by atoms with Gasteiger partial charge >= 0.3 is 0 Å². The van der Waals surface area contributed by atoms with E-state index in [1.54, 1.807) is 35.2 Å². The number of amides is 2. The number of likely N-dealkylation sites (tertiary alicyclic amines) is 1. The number of ether oxygens (including phenoxy) is 1. The van der Waals surface area contributed by atoms with E-state index >= 15 is 0 Å². The van der Waals surface area contributed by atoms with Crippen molar-refractivity contribution in [1.29, 1.82) is 0 Å². The van der Waals surface area contributed by atoms with Crippen molar-refractivity contribution >= 4 is 29.0 Å². The normalized spacial score (nSPS) is 24.5. The zero-order chi connectivity index (χ0) is 25.1. The van der Waals surface area contributed by atoms with Gasteiger partial charge in [-0.2, -0.15) is 0 Å². The summed E-state index contributed by atoms with van der Waals surface area (Å²) in [5, 5.41) is 11.6. The minimum absolute atomic E-state index is 0.0130. The van der Waals surface area contributed by atoms with Crippen LogP contribution in [0.2, 0.25) is 0 Å². The summed E-state index contributed by atoms with van der Waals surface area (Å²) in [6.45, 7) is 4.78. The van der Waals surface area contributed by atoms with Crippen LogP contribution in [0.5, 0.6) is 5.75 Å². The molecule has 1 N–H and O–H groups in total. The number of Topliss-reactive ketones (excluding diaryl/α,β-unsaturated/α-hetero) is 1. The van der Waals surface area contributed by atoms with Gasteiger partial charge in [0.25, 0.3) is 17.6 Å². The van der Waals surface area contributed by atoms with E-state index in [9.17, 15) is 19.5 Å². The summed E-state index contributed by atoms with van der Waals surface area (Å²) >= 11 is 0.